The first kappa shape index (κ1) is 13.0. The van der Waals surface area contributed by atoms with E-state index >= 15 is 0 Å². The van der Waals surface area contributed by atoms with Gasteiger partial charge in [0.05, 0.1) is 5.69 Å². The molecule has 0 aromatic carbocycles. The van der Waals surface area contributed by atoms with Crippen LogP contribution in [0.2, 0.25) is 0 Å². The minimum atomic E-state index is 0.197. The first-order chi connectivity index (χ1) is 8.07. The van der Waals surface area contributed by atoms with Crippen molar-refractivity contribution in [1.29, 1.82) is 0 Å². The highest BCUT2D eigenvalue weighted by molar-refractivity contribution is 9.10. The van der Waals surface area contributed by atoms with Gasteiger partial charge in [0.25, 0.3) is 0 Å². The fraction of sp³-hybridized carbons (Fsp3) is 0.833. The molecule has 1 saturated carbocycles. The van der Waals surface area contributed by atoms with Crippen molar-refractivity contribution in [2.24, 2.45) is 7.05 Å². The van der Waals surface area contributed by atoms with E-state index < -0.39 is 0 Å². The van der Waals surface area contributed by atoms with Crippen LogP contribution in [0.3, 0.4) is 0 Å². The van der Waals surface area contributed by atoms with Crippen molar-refractivity contribution in [2.75, 3.05) is 6.54 Å². The number of rotatable bonds is 4. The van der Waals surface area contributed by atoms with Crippen LogP contribution in [0.1, 0.15) is 45.2 Å². The van der Waals surface area contributed by atoms with E-state index in [-0.39, 0.29) is 5.41 Å². The van der Waals surface area contributed by atoms with Crippen LogP contribution in [0.15, 0.2) is 4.60 Å². The van der Waals surface area contributed by atoms with Crippen molar-refractivity contribution in [3.63, 3.8) is 0 Å². The Morgan fingerprint density at radius 2 is 2.35 bits per heavy atom. The van der Waals surface area contributed by atoms with E-state index in [2.05, 4.69) is 45.4 Å². The molecule has 0 aliphatic heterocycles. The van der Waals surface area contributed by atoms with Crippen LogP contribution >= 0.6 is 15.9 Å². The van der Waals surface area contributed by atoms with Crippen LogP contribution < -0.4 is 5.32 Å². The Labute approximate surface area is 111 Å². The highest BCUT2D eigenvalue weighted by atomic mass is 79.9. The average Bonchev–Trinajstić information content (AvgIpc) is 2.81. The van der Waals surface area contributed by atoms with Gasteiger partial charge in [-0.25, -0.2) is 0 Å². The molecule has 1 fully saturated rings. The summed E-state index contributed by atoms with van der Waals surface area (Å²) in [6.07, 6.45) is 4.82. The molecule has 4 nitrogen and oxygen atoms in total. The van der Waals surface area contributed by atoms with Gasteiger partial charge in [0.1, 0.15) is 0 Å². The van der Waals surface area contributed by atoms with Crippen molar-refractivity contribution in [3.8, 4) is 0 Å². The number of nitrogens with zero attached hydrogens (tertiary/aromatic N) is 3. The molecule has 2 unspecified atom stereocenters. The minimum Gasteiger partial charge on any atom is -0.314 e. The Kier molecular flexibility index (Phi) is 3.88. The standard InChI is InChI=1S/C12H21BrN4/c1-4-7-14-9-5-6-12(2,8-9)10-11(13)15-16-17(10)3/h9,14H,4-8H2,1-3H3. The van der Waals surface area contributed by atoms with E-state index in [1.807, 2.05) is 11.7 Å². The molecular weight excluding hydrogens is 280 g/mol. The lowest BCUT2D eigenvalue weighted by Crippen LogP contribution is -2.30. The topological polar surface area (TPSA) is 42.7 Å². The molecule has 2 atom stereocenters. The molecule has 96 valence electrons. The fourth-order valence-corrected chi connectivity index (χ4v) is 3.76. The second-order valence-electron chi connectivity index (χ2n) is 5.31. The van der Waals surface area contributed by atoms with E-state index in [0.29, 0.717) is 6.04 Å². The monoisotopic (exact) mass is 300 g/mol. The maximum Gasteiger partial charge on any atom is 0.152 e. The number of hydrogen-bond acceptors (Lipinski definition) is 3. The highest BCUT2D eigenvalue weighted by Gasteiger charge is 2.40. The van der Waals surface area contributed by atoms with E-state index in [1.165, 1.54) is 31.4 Å². The molecule has 17 heavy (non-hydrogen) atoms. The third kappa shape index (κ3) is 2.55. The molecule has 2 rings (SSSR count). The zero-order valence-electron chi connectivity index (χ0n) is 10.8. The summed E-state index contributed by atoms with van der Waals surface area (Å²) in [5, 5.41) is 11.8. The van der Waals surface area contributed by atoms with E-state index in [0.717, 1.165) is 11.1 Å². The van der Waals surface area contributed by atoms with E-state index in [1.54, 1.807) is 0 Å². The molecule has 1 heterocycles. The number of hydrogen-bond donors (Lipinski definition) is 1. The Morgan fingerprint density at radius 1 is 1.59 bits per heavy atom. The molecule has 0 bridgehead atoms. The molecule has 0 spiro atoms. The quantitative estimate of drug-likeness (QED) is 0.928. The summed E-state index contributed by atoms with van der Waals surface area (Å²) >= 11 is 3.52. The molecule has 1 aliphatic carbocycles. The number of aromatic nitrogens is 3. The maximum atomic E-state index is 4.10. The van der Waals surface area contributed by atoms with Gasteiger partial charge in [-0.2, -0.15) is 0 Å². The summed E-state index contributed by atoms with van der Waals surface area (Å²) in [4.78, 5) is 0. The van der Waals surface area contributed by atoms with Crippen molar-refractivity contribution >= 4 is 15.9 Å². The Hall–Kier alpha value is -0.420. The van der Waals surface area contributed by atoms with Gasteiger partial charge in [-0.1, -0.05) is 19.1 Å². The van der Waals surface area contributed by atoms with Gasteiger partial charge >= 0.3 is 0 Å². The number of halogens is 1. The van der Waals surface area contributed by atoms with E-state index in [9.17, 15) is 0 Å². The van der Waals surface area contributed by atoms with Crippen LogP contribution in [0.25, 0.3) is 0 Å². The van der Waals surface area contributed by atoms with Gasteiger partial charge in [0.2, 0.25) is 0 Å². The Bertz CT molecular complexity index is 370. The lowest BCUT2D eigenvalue weighted by Gasteiger charge is -2.24. The predicted octanol–water partition coefficient (Wildman–Crippen LogP) is 2.39. The van der Waals surface area contributed by atoms with E-state index in [4.69, 9.17) is 0 Å². The van der Waals surface area contributed by atoms with Crippen molar-refractivity contribution in [1.82, 2.24) is 20.3 Å². The van der Waals surface area contributed by atoms with Gasteiger partial charge < -0.3 is 5.32 Å². The maximum absolute atomic E-state index is 4.10. The minimum absolute atomic E-state index is 0.197. The highest BCUT2D eigenvalue weighted by Crippen LogP contribution is 2.42. The lowest BCUT2D eigenvalue weighted by atomic mass is 9.85. The Morgan fingerprint density at radius 3 is 2.94 bits per heavy atom. The molecule has 1 aromatic rings. The van der Waals surface area contributed by atoms with Crippen LogP contribution in [0, 0.1) is 0 Å². The molecule has 0 amide bonds. The molecule has 0 radical (unpaired) electrons. The molecular formula is C12H21BrN4. The summed E-state index contributed by atoms with van der Waals surface area (Å²) in [5.74, 6) is 0. The molecule has 1 aromatic heterocycles. The second kappa shape index (κ2) is 5.06. The normalized spacial score (nSPS) is 28.8. The summed E-state index contributed by atoms with van der Waals surface area (Å²) < 4.78 is 2.81. The lowest BCUT2D eigenvalue weighted by molar-refractivity contribution is 0.422. The smallest absolute Gasteiger partial charge is 0.152 e. The van der Waals surface area contributed by atoms with Crippen molar-refractivity contribution < 1.29 is 0 Å². The largest absolute Gasteiger partial charge is 0.314 e. The Balaban J connectivity index is 2.11. The third-order valence-electron chi connectivity index (χ3n) is 3.78. The summed E-state index contributed by atoms with van der Waals surface area (Å²) in [5.41, 5.74) is 1.43. The molecule has 1 aliphatic rings. The van der Waals surface area contributed by atoms with Gasteiger partial charge in [-0.3, -0.25) is 4.68 Å². The summed E-state index contributed by atoms with van der Waals surface area (Å²) in [6, 6.07) is 0.641. The first-order valence-electron chi connectivity index (χ1n) is 6.36. The van der Waals surface area contributed by atoms with Crippen LogP contribution in [0.4, 0.5) is 0 Å². The number of nitrogens with one attached hydrogen (secondary N) is 1. The first-order valence-corrected chi connectivity index (χ1v) is 7.15. The summed E-state index contributed by atoms with van der Waals surface area (Å²) in [7, 11) is 1.98. The SMILES string of the molecule is CCCNC1CCC(C)(c2c(Br)nnn2C)C1. The molecule has 1 N–H and O–H groups in total. The zero-order valence-corrected chi connectivity index (χ0v) is 12.4. The van der Waals surface area contributed by atoms with Gasteiger partial charge in [-0.15, -0.1) is 5.10 Å². The third-order valence-corrected chi connectivity index (χ3v) is 4.32. The van der Waals surface area contributed by atoms with Gasteiger partial charge in [0, 0.05) is 18.5 Å². The number of aryl methyl sites for hydroxylation is 1. The van der Waals surface area contributed by atoms with Crippen molar-refractivity contribution in [3.05, 3.63) is 10.3 Å². The summed E-state index contributed by atoms with van der Waals surface area (Å²) in [6.45, 7) is 5.65. The van der Waals surface area contributed by atoms with Gasteiger partial charge in [-0.05, 0) is 48.2 Å². The molecule has 0 saturated heterocycles. The average molecular weight is 301 g/mol. The van der Waals surface area contributed by atoms with Crippen LogP contribution in [-0.4, -0.2) is 27.6 Å². The molecule has 5 heteroatoms. The van der Waals surface area contributed by atoms with Crippen LogP contribution in [0.5, 0.6) is 0 Å². The zero-order chi connectivity index (χ0) is 12.5. The van der Waals surface area contributed by atoms with Gasteiger partial charge in [0.15, 0.2) is 4.60 Å². The fourth-order valence-electron chi connectivity index (χ4n) is 2.95. The predicted molar refractivity (Wildman–Crippen MR) is 72.0 cm³/mol. The van der Waals surface area contributed by atoms with Crippen molar-refractivity contribution in [2.45, 2.75) is 51.0 Å². The van der Waals surface area contributed by atoms with Crippen LogP contribution in [-0.2, 0) is 12.5 Å². The second-order valence-corrected chi connectivity index (χ2v) is 6.06.